The van der Waals surface area contributed by atoms with E-state index in [2.05, 4.69) is 34.7 Å². The van der Waals surface area contributed by atoms with E-state index in [0.29, 0.717) is 11.3 Å². The summed E-state index contributed by atoms with van der Waals surface area (Å²) in [6.45, 7) is 2.30. The molecule has 1 aliphatic heterocycles. The van der Waals surface area contributed by atoms with Crippen molar-refractivity contribution >= 4 is 46.1 Å². The topological polar surface area (TPSA) is 15.3 Å². The van der Waals surface area contributed by atoms with Crippen LogP contribution in [0.25, 0.3) is 0 Å². The highest BCUT2D eigenvalue weighted by molar-refractivity contribution is 8.01. The molecule has 0 spiro atoms. The molecule has 1 unspecified atom stereocenters. The summed E-state index contributed by atoms with van der Waals surface area (Å²) in [5.41, 5.74) is 3.59. The molecule has 5 heteroatoms. The van der Waals surface area contributed by atoms with Crippen molar-refractivity contribution in [3.05, 3.63) is 40.2 Å². The first-order chi connectivity index (χ1) is 10.1. The third-order valence-corrected chi connectivity index (χ3v) is 6.32. The number of rotatable bonds is 3. The largest absolute Gasteiger partial charge is 0.376 e. The molecule has 112 valence electrons. The Morgan fingerprint density at radius 1 is 1.29 bits per heavy atom. The average molecular weight is 339 g/mol. The molecule has 1 aromatic heterocycles. The zero-order chi connectivity index (χ0) is 15.0. The maximum atomic E-state index is 6.37. The van der Waals surface area contributed by atoms with E-state index in [-0.39, 0.29) is 0 Å². The van der Waals surface area contributed by atoms with Gasteiger partial charge in [-0.25, -0.2) is 0 Å². The zero-order valence-corrected chi connectivity index (χ0v) is 14.8. The summed E-state index contributed by atoms with van der Waals surface area (Å²) in [7, 11) is 4.06. The fourth-order valence-corrected chi connectivity index (χ4v) is 5.67. The number of para-hydroxylation sites is 1. The normalized spacial score (nSPS) is 21.0. The lowest BCUT2D eigenvalue weighted by Gasteiger charge is -2.30. The number of thioether (sulfide) groups is 1. The van der Waals surface area contributed by atoms with Gasteiger partial charge >= 0.3 is 0 Å². The molecular weight excluding hydrogens is 320 g/mol. The van der Waals surface area contributed by atoms with Gasteiger partial charge in [-0.2, -0.15) is 0 Å². The van der Waals surface area contributed by atoms with Gasteiger partial charge in [-0.3, -0.25) is 0 Å². The van der Waals surface area contributed by atoms with Crippen LogP contribution < -0.4 is 10.2 Å². The SMILES string of the molecule is C[C@H]1CC(Nc2cccc(Cl)c2N(C)C)c2ccsc2S1. The standard InChI is InChI=1S/C16H19ClN2S2/c1-10-9-14(11-7-8-20-16(11)21-10)18-13-6-4-5-12(17)15(13)19(2)3/h4-8,10,14,18H,9H2,1-3H3/t10-,14?/m0/s1. The Labute approximate surface area is 139 Å². The minimum absolute atomic E-state index is 0.361. The summed E-state index contributed by atoms with van der Waals surface area (Å²) in [5.74, 6) is 0. The molecule has 0 saturated carbocycles. The molecule has 0 fully saturated rings. The number of fused-ring (bicyclic) bond motifs is 1. The molecule has 0 radical (unpaired) electrons. The van der Waals surface area contributed by atoms with Gasteiger partial charge < -0.3 is 10.2 Å². The first kappa shape index (κ1) is 15.1. The van der Waals surface area contributed by atoms with Gasteiger partial charge in [0, 0.05) is 19.3 Å². The van der Waals surface area contributed by atoms with E-state index in [1.165, 1.54) is 9.77 Å². The second-order valence-corrected chi connectivity index (χ2v) is 8.59. The van der Waals surface area contributed by atoms with Crippen LogP contribution in [-0.2, 0) is 0 Å². The lowest BCUT2D eigenvalue weighted by Crippen LogP contribution is -2.21. The van der Waals surface area contributed by atoms with E-state index in [4.69, 9.17) is 11.6 Å². The van der Waals surface area contributed by atoms with Crippen LogP contribution >= 0.6 is 34.7 Å². The summed E-state index contributed by atoms with van der Waals surface area (Å²) in [6.07, 6.45) is 1.13. The number of nitrogens with zero attached hydrogens (tertiary/aromatic N) is 1. The van der Waals surface area contributed by atoms with Crippen molar-refractivity contribution in [2.45, 2.75) is 28.8 Å². The Bertz CT molecular complexity index is 639. The average Bonchev–Trinajstić information content (AvgIpc) is 2.86. The highest BCUT2D eigenvalue weighted by atomic mass is 35.5. The first-order valence-electron chi connectivity index (χ1n) is 7.02. The third kappa shape index (κ3) is 3.03. The number of benzene rings is 1. The molecule has 1 aromatic carbocycles. The van der Waals surface area contributed by atoms with Crippen LogP contribution in [0.4, 0.5) is 11.4 Å². The van der Waals surface area contributed by atoms with Crippen molar-refractivity contribution in [2.75, 3.05) is 24.3 Å². The predicted molar refractivity (Wildman–Crippen MR) is 96.4 cm³/mol. The number of hydrogen-bond donors (Lipinski definition) is 1. The van der Waals surface area contributed by atoms with Crippen LogP contribution in [0.2, 0.25) is 5.02 Å². The van der Waals surface area contributed by atoms with E-state index in [1.54, 1.807) is 0 Å². The van der Waals surface area contributed by atoms with Crippen molar-refractivity contribution < 1.29 is 0 Å². The highest BCUT2D eigenvalue weighted by Gasteiger charge is 2.27. The van der Waals surface area contributed by atoms with Crippen LogP contribution in [0.5, 0.6) is 0 Å². The van der Waals surface area contributed by atoms with Gasteiger partial charge in [0.15, 0.2) is 0 Å². The van der Waals surface area contributed by atoms with Crippen molar-refractivity contribution in [3.63, 3.8) is 0 Å². The molecule has 2 heterocycles. The smallest absolute Gasteiger partial charge is 0.0786 e. The highest BCUT2D eigenvalue weighted by Crippen LogP contribution is 2.46. The molecule has 21 heavy (non-hydrogen) atoms. The van der Waals surface area contributed by atoms with E-state index in [1.807, 2.05) is 49.3 Å². The molecule has 0 amide bonds. The minimum Gasteiger partial charge on any atom is -0.376 e. The van der Waals surface area contributed by atoms with Gasteiger partial charge in [0.05, 0.1) is 26.6 Å². The van der Waals surface area contributed by atoms with E-state index in [9.17, 15) is 0 Å². The third-order valence-electron chi connectivity index (χ3n) is 3.67. The lowest BCUT2D eigenvalue weighted by molar-refractivity contribution is 0.670. The van der Waals surface area contributed by atoms with Crippen LogP contribution in [0.1, 0.15) is 24.9 Å². The van der Waals surface area contributed by atoms with Crippen molar-refractivity contribution in [1.29, 1.82) is 0 Å². The first-order valence-corrected chi connectivity index (χ1v) is 9.16. The molecule has 3 rings (SSSR count). The molecule has 0 saturated heterocycles. The van der Waals surface area contributed by atoms with E-state index >= 15 is 0 Å². The Hall–Kier alpha value is -0.840. The minimum atomic E-state index is 0.361. The molecule has 1 N–H and O–H groups in total. The molecule has 1 aliphatic rings. The van der Waals surface area contributed by atoms with Crippen molar-refractivity contribution in [3.8, 4) is 0 Å². The number of thiophene rings is 1. The van der Waals surface area contributed by atoms with Crippen LogP contribution in [0, 0.1) is 0 Å². The molecule has 2 aromatic rings. The number of halogens is 1. The maximum absolute atomic E-state index is 6.37. The number of anilines is 2. The zero-order valence-electron chi connectivity index (χ0n) is 12.4. The maximum Gasteiger partial charge on any atom is 0.0786 e. The molecule has 0 bridgehead atoms. The summed E-state index contributed by atoms with van der Waals surface area (Å²) in [4.78, 5) is 2.07. The van der Waals surface area contributed by atoms with Gasteiger partial charge in [-0.15, -0.1) is 23.1 Å². The van der Waals surface area contributed by atoms with Crippen LogP contribution in [-0.4, -0.2) is 19.3 Å². The summed E-state index contributed by atoms with van der Waals surface area (Å²) < 4.78 is 1.44. The molecule has 2 atom stereocenters. The van der Waals surface area contributed by atoms with Gasteiger partial charge in [-0.05, 0) is 35.6 Å². The second-order valence-electron chi connectivity index (χ2n) is 5.55. The van der Waals surface area contributed by atoms with E-state index < -0.39 is 0 Å². The molecule has 2 nitrogen and oxygen atoms in total. The summed E-state index contributed by atoms with van der Waals surface area (Å²) in [6, 6.07) is 8.67. The van der Waals surface area contributed by atoms with Gasteiger partial charge in [-0.1, -0.05) is 24.6 Å². The molecule has 0 aliphatic carbocycles. The Balaban J connectivity index is 1.93. The molecular formula is C16H19ClN2S2. The van der Waals surface area contributed by atoms with Crippen LogP contribution in [0.15, 0.2) is 33.9 Å². The van der Waals surface area contributed by atoms with Crippen LogP contribution in [0.3, 0.4) is 0 Å². The number of nitrogens with one attached hydrogen (secondary N) is 1. The van der Waals surface area contributed by atoms with Crippen molar-refractivity contribution in [2.24, 2.45) is 0 Å². The Kier molecular flexibility index (Phi) is 4.38. The quantitative estimate of drug-likeness (QED) is 0.794. The number of hydrogen-bond acceptors (Lipinski definition) is 4. The fraction of sp³-hybridized carbons (Fsp3) is 0.375. The van der Waals surface area contributed by atoms with Gasteiger partial charge in [0.2, 0.25) is 0 Å². The van der Waals surface area contributed by atoms with Crippen molar-refractivity contribution in [1.82, 2.24) is 0 Å². The monoisotopic (exact) mass is 338 g/mol. The van der Waals surface area contributed by atoms with E-state index in [0.717, 1.165) is 22.8 Å². The Morgan fingerprint density at radius 2 is 2.10 bits per heavy atom. The Morgan fingerprint density at radius 3 is 2.86 bits per heavy atom. The second kappa shape index (κ2) is 6.11. The fourth-order valence-electron chi connectivity index (χ4n) is 2.76. The summed E-state index contributed by atoms with van der Waals surface area (Å²) >= 11 is 10.2. The predicted octanol–water partition coefficient (Wildman–Crippen LogP) is 5.51. The van der Waals surface area contributed by atoms with Gasteiger partial charge in [0.25, 0.3) is 0 Å². The summed E-state index contributed by atoms with van der Waals surface area (Å²) in [5, 5.41) is 7.32. The van der Waals surface area contributed by atoms with Gasteiger partial charge in [0.1, 0.15) is 0 Å². The lowest BCUT2D eigenvalue weighted by atomic mass is 10.0.